The van der Waals surface area contributed by atoms with Gasteiger partial charge in [-0.3, -0.25) is 0 Å². The molecule has 0 fully saturated rings. The monoisotopic (exact) mass is 324 g/mol. The Kier molecular flexibility index (Phi) is 6.19. The average Bonchev–Trinajstić information content (AvgIpc) is 2.60. The van der Waals surface area contributed by atoms with Gasteiger partial charge < -0.3 is 9.47 Å². The molecule has 0 aliphatic carbocycles. The van der Waals surface area contributed by atoms with Gasteiger partial charge in [0.15, 0.2) is 0 Å². The number of rotatable bonds is 7. The Morgan fingerprint density at radius 2 is 1.67 bits per heavy atom. The minimum atomic E-state index is -0.348. The maximum atomic E-state index is 11.3. The molecule has 126 valence electrons. The highest BCUT2D eigenvalue weighted by Gasteiger charge is 2.26. The predicted octanol–water partition coefficient (Wildman–Crippen LogP) is 4.51. The Labute approximate surface area is 143 Å². The number of esters is 1. The molecule has 0 spiro atoms. The first-order chi connectivity index (χ1) is 11.6. The second-order valence-electron chi connectivity index (χ2n) is 6.00. The third-order valence-corrected chi connectivity index (χ3v) is 3.94. The van der Waals surface area contributed by atoms with Crippen molar-refractivity contribution >= 4 is 5.97 Å². The van der Waals surface area contributed by atoms with E-state index < -0.39 is 0 Å². The van der Waals surface area contributed by atoms with Crippen molar-refractivity contribution in [3.05, 3.63) is 77.9 Å². The molecular formula is C21H24O3. The molecule has 0 aliphatic heterocycles. The van der Waals surface area contributed by atoms with Gasteiger partial charge in [0.05, 0.1) is 0 Å². The first-order valence-corrected chi connectivity index (χ1v) is 8.13. The van der Waals surface area contributed by atoms with Gasteiger partial charge in [0.25, 0.3) is 0 Å². The number of hydrogen-bond acceptors (Lipinski definition) is 3. The Bertz CT molecular complexity index is 687. The summed E-state index contributed by atoms with van der Waals surface area (Å²) in [4.78, 5) is 11.3. The van der Waals surface area contributed by atoms with Crippen molar-refractivity contribution in [1.82, 2.24) is 0 Å². The molecule has 0 heterocycles. The minimum absolute atomic E-state index is 0.181. The SMILES string of the molecule is CC=CC(=O)OCCOc1ccccc1C(C)(C)c1ccccc1. The largest absolute Gasteiger partial charge is 0.490 e. The van der Waals surface area contributed by atoms with Gasteiger partial charge in [-0.15, -0.1) is 0 Å². The van der Waals surface area contributed by atoms with Crippen LogP contribution in [-0.4, -0.2) is 19.2 Å². The van der Waals surface area contributed by atoms with Crippen molar-refractivity contribution in [3.63, 3.8) is 0 Å². The summed E-state index contributed by atoms with van der Waals surface area (Å²) in [5, 5.41) is 0. The fourth-order valence-electron chi connectivity index (χ4n) is 2.60. The summed E-state index contributed by atoms with van der Waals surface area (Å²) in [5.41, 5.74) is 2.15. The van der Waals surface area contributed by atoms with Gasteiger partial charge >= 0.3 is 5.97 Å². The van der Waals surface area contributed by atoms with Crippen molar-refractivity contribution in [2.45, 2.75) is 26.2 Å². The lowest BCUT2D eigenvalue weighted by Gasteiger charge is -2.28. The summed E-state index contributed by atoms with van der Waals surface area (Å²) in [6.45, 7) is 6.68. The Balaban J connectivity index is 2.09. The van der Waals surface area contributed by atoms with Crippen molar-refractivity contribution in [2.75, 3.05) is 13.2 Å². The van der Waals surface area contributed by atoms with E-state index in [-0.39, 0.29) is 18.0 Å². The van der Waals surface area contributed by atoms with Gasteiger partial charge in [0.1, 0.15) is 19.0 Å². The highest BCUT2D eigenvalue weighted by molar-refractivity contribution is 5.81. The number of para-hydroxylation sites is 1. The molecule has 0 unspecified atom stereocenters. The minimum Gasteiger partial charge on any atom is -0.490 e. The zero-order chi connectivity index (χ0) is 17.4. The van der Waals surface area contributed by atoms with E-state index >= 15 is 0 Å². The van der Waals surface area contributed by atoms with Crippen LogP contribution in [0.25, 0.3) is 0 Å². The number of carbonyl (C=O) groups is 1. The highest BCUT2D eigenvalue weighted by atomic mass is 16.6. The fraction of sp³-hybridized carbons (Fsp3) is 0.286. The van der Waals surface area contributed by atoms with Crippen LogP contribution in [0.15, 0.2) is 66.7 Å². The molecule has 2 aromatic rings. The van der Waals surface area contributed by atoms with Crippen molar-refractivity contribution in [3.8, 4) is 5.75 Å². The summed E-state index contributed by atoms with van der Waals surface area (Å²) in [6.07, 6.45) is 3.05. The predicted molar refractivity (Wildman–Crippen MR) is 96.3 cm³/mol. The van der Waals surface area contributed by atoms with Gasteiger partial charge in [-0.25, -0.2) is 4.79 Å². The number of allylic oxidation sites excluding steroid dienone is 1. The normalized spacial score (nSPS) is 11.5. The molecule has 0 aromatic heterocycles. The molecule has 0 N–H and O–H groups in total. The van der Waals surface area contributed by atoms with Gasteiger partial charge in [0, 0.05) is 17.1 Å². The summed E-state index contributed by atoms with van der Waals surface area (Å²) in [6, 6.07) is 18.3. The smallest absolute Gasteiger partial charge is 0.330 e. The summed E-state index contributed by atoms with van der Waals surface area (Å²) in [5.74, 6) is 0.465. The quantitative estimate of drug-likeness (QED) is 0.427. The fourth-order valence-corrected chi connectivity index (χ4v) is 2.60. The van der Waals surface area contributed by atoms with E-state index in [1.54, 1.807) is 13.0 Å². The molecule has 0 amide bonds. The van der Waals surface area contributed by atoms with E-state index in [9.17, 15) is 4.79 Å². The van der Waals surface area contributed by atoms with E-state index in [0.29, 0.717) is 6.61 Å². The molecule has 0 saturated heterocycles. The van der Waals surface area contributed by atoms with E-state index in [1.165, 1.54) is 11.6 Å². The molecular weight excluding hydrogens is 300 g/mol. The lowest BCUT2D eigenvalue weighted by atomic mass is 9.78. The van der Waals surface area contributed by atoms with Crippen LogP contribution in [0.3, 0.4) is 0 Å². The third-order valence-electron chi connectivity index (χ3n) is 3.94. The van der Waals surface area contributed by atoms with E-state index in [2.05, 4.69) is 32.0 Å². The Morgan fingerprint density at radius 3 is 2.38 bits per heavy atom. The van der Waals surface area contributed by atoms with Crippen molar-refractivity contribution in [2.24, 2.45) is 0 Å². The molecule has 24 heavy (non-hydrogen) atoms. The number of benzene rings is 2. The maximum absolute atomic E-state index is 11.3. The number of hydrogen-bond donors (Lipinski definition) is 0. The van der Waals surface area contributed by atoms with Crippen LogP contribution in [-0.2, 0) is 14.9 Å². The Morgan fingerprint density at radius 1 is 1.00 bits per heavy atom. The topological polar surface area (TPSA) is 35.5 Å². The van der Waals surface area contributed by atoms with E-state index in [1.807, 2.05) is 36.4 Å². The first-order valence-electron chi connectivity index (χ1n) is 8.13. The molecule has 2 aromatic carbocycles. The van der Waals surface area contributed by atoms with Crippen LogP contribution in [0.4, 0.5) is 0 Å². The van der Waals surface area contributed by atoms with Crippen LogP contribution in [0, 0.1) is 0 Å². The zero-order valence-corrected chi connectivity index (χ0v) is 14.5. The first kappa shape index (κ1) is 17.8. The second kappa shape index (κ2) is 8.34. The zero-order valence-electron chi connectivity index (χ0n) is 14.5. The van der Waals surface area contributed by atoms with Crippen LogP contribution in [0.1, 0.15) is 31.9 Å². The van der Waals surface area contributed by atoms with Crippen LogP contribution in [0.5, 0.6) is 5.75 Å². The molecule has 3 nitrogen and oxygen atoms in total. The number of ether oxygens (including phenoxy) is 2. The van der Waals surface area contributed by atoms with Gasteiger partial charge in [-0.1, -0.05) is 68.5 Å². The second-order valence-corrected chi connectivity index (χ2v) is 6.00. The van der Waals surface area contributed by atoms with Gasteiger partial charge in [0.2, 0.25) is 0 Å². The number of carbonyl (C=O) groups excluding carboxylic acids is 1. The summed E-state index contributed by atoms with van der Waals surface area (Å²) >= 11 is 0. The molecule has 2 rings (SSSR count). The molecule has 0 saturated carbocycles. The third kappa shape index (κ3) is 4.48. The lowest BCUT2D eigenvalue weighted by molar-refractivity contribution is -0.138. The van der Waals surface area contributed by atoms with Crippen LogP contribution >= 0.6 is 0 Å². The van der Waals surface area contributed by atoms with Crippen molar-refractivity contribution < 1.29 is 14.3 Å². The van der Waals surface area contributed by atoms with Crippen molar-refractivity contribution in [1.29, 1.82) is 0 Å². The van der Waals surface area contributed by atoms with Crippen LogP contribution < -0.4 is 4.74 Å². The van der Waals surface area contributed by atoms with E-state index in [0.717, 1.165) is 11.3 Å². The molecule has 3 heteroatoms. The average molecular weight is 324 g/mol. The molecule has 0 bridgehead atoms. The molecule has 0 atom stereocenters. The molecule has 0 radical (unpaired) electrons. The van der Waals surface area contributed by atoms with E-state index in [4.69, 9.17) is 9.47 Å². The summed E-state index contributed by atoms with van der Waals surface area (Å²) in [7, 11) is 0. The molecule has 0 aliphatic rings. The highest BCUT2D eigenvalue weighted by Crippen LogP contribution is 2.36. The maximum Gasteiger partial charge on any atom is 0.330 e. The standard InChI is InChI=1S/C21H24O3/c1-4-10-20(22)24-16-15-23-19-14-9-8-13-18(19)21(2,3)17-11-6-5-7-12-17/h4-14H,15-16H2,1-3H3. The Hall–Kier alpha value is -2.55. The van der Waals surface area contributed by atoms with Gasteiger partial charge in [-0.05, 0) is 18.6 Å². The van der Waals surface area contributed by atoms with Crippen LogP contribution in [0.2, 0.25) is 0 Å². The van der Waals surface area contributed by atoms with Gasteiger partial charge in [-0.2, -0.15) is 0 Å². The lowest BCUT2D eigenvalue weighted by Crippen LogP contribution is -2.21. The summed E-state index contributed by atoms with van der Waals surface area (Å²) < 4.78 is 10.9.